The third-order valence-electron chi connectivity index (χ3n) is 2.40. The number of halogens is 2. The van der Waals surface area contributed by atoms with Crippen molar-refractivity contribution in [2.75, 3.05) is 11.1 Å². The Bertz CT molecular complexity index is 774. The second kappa shape index (κ2) is 5.92. The van der Waals surface area contributed by atoms with Gasteiger partial charge >= 0.3 is 5.84 Å². The van der Waals surface area contributed by atoms with Crippen LogP contribution in [0, 0.1) is 0 Å². The molecule has 2 aromatic heterocycles. The molecule has 0 aliphatic rings. The third kappa shape index (κ3) is 3.29. The summed E-state index contributed by atoms with van der Waals surface area (Å²) in [4.78, 5) is 11.8. The molecule has 0 bridgehead atoms. The van der Waals surface area contributed by atoms with Gasteiger partial charge in [-0.25, -0.2) is 0 Å². The molecule has 7 nitrogen and oxygen atoms in total. The first-order chi connectivity index (χ1) is 10.1. The van der Waals surface area contributed by atoms with Gasteiger partial charge in [-0.3, -0.25) is 4.79 Å². The molecule has 3 rings (SSSR count). The molecule has 0 aliphatic heterocycles. The number of hydrogen-bond donors (Lipinski definition) is 1. The molecule has 1 N–H and O–H groups in total. The number of rotatable bonds is 4. The normalized spacial score (nSPS) is 11.0. The standard InChI is InChI=1S/C11H7Cl2N5O2S/c12-7-2-1-6(3-8(7)13)15-9(19)4-21-11-17-18-5-14-16-10(18)20-11/h1-3,5H,4H2,(H,15,19). The first-order valence-corrected chi connectivity index (χ1v) is 7.40. The van der Waals surface area contributed by atoms with E-state index in [9.17, 15) is 4.79 Å². The van der Waals surface area contributed by atoms with Gasteiger partial charge in [0.05, 0.1) is 15.8 Å². The molecule has 3 aromatic rings. The highest BCUT2D eigenvalue weighted by atomic mass is 35.5. The molecule has 0 fully saturated rings. The van der Waals surface area contributed by atoms with Crippen LogP contribution in [-0.4, -0.2) is 31.5 Å². The van der Waals surface area contributed by atoms with Crippen molar-refractivity contribution in [1.29, 1.82) is 0 Å². The fourth-order valence-corrected chi connectivity index (χ4v) is 2.40. The molecule has 21 heavy (non-hydrogen) atoms. The lowest BCUT2D eigenvalue weighted by molar-refractivity contribution is -0.113. The van der Waals surface area contributed by atoms with E-state index in [1.165, 1.54) is 10.8 Å². The van der Waals surface area contributed by atoms with E-state index in [-0.39, 0.29) is 17.5 Å². The molecule has 2 heterocycles. The van der Waals surface area contributed by atoms with Crippen LogP contribution >= 0.6 is 35.0 Å². The van der Waals surface area contributed by atoms with Crippen LogP contribution in [0.15, 0.2) is 34.2 Å². The van der Waals surface area contributed by atoms with Crippen LogP contribution < -0.4 is 5.32 Å². The van der Waals surface area contributed by atoms with Gasteiger partial charge in [-0.1, -0.05) is 40.1 Å². The Morgan fingerprint density at radius 2 is 2.24 bits per heavy atom. The number of anilines is 1. The molecule has 0 saturated heterocycles. The highest BCUT2D eigenvalue weighted by molar-refractivity contribution is 7.99. The molecule has 0 saturated carbocycles. The van der Waals surface area contributed by atoms with Gasteiger partial charge in [0.1, 0.15) is 6.33 Å². The SMILES string of the molecule is O=C(CSc1nn2cnnc2o1)Nc1ccc(Cl)c(Cl)c1. The maximum Gasteiger partial charge on any atom is 0.345 e. The zero-order valence-electron chi connectivity index (χ0n) is 10.3. The molecule has 1 aromatic carbocycles. The molecule has 0 radical (unpaired) electrons. The summed E-state index contributed by atoms with van der Waals surface area (Å²) < 4.78 is 6.65. The number of carbonyl (C=O) groups excluding carboxylic acids is 1. The average Bonchev–Trinajstić information content (AvgIpc) is 3.01. The van der Waals surface area contributed by atoms with Gasteiger partial charge in [0.25, 0.3) is 5.22 Å². The number of amides is 1. The minimum absolute atomic E-state index is 0.136. The molecular weight excluding hydrogens is 337 g/mol. The Morgan fingerprint density at radius 3 is 3.00 bits per heavy atom. The maximum atomic E-state index is 11.8. The van der Waals surface area contributed by atoms with Crippen molar-refractivity contribution in [2.24, 2.45) is 0 Å². The Labute approximate surface area is 132 Å². The van der Waals surface area contributed by atoms with Crippen LogP contribution in [0.2, 0.25) is 10.0 Å². The lowest BCUT2D eigenvalue weighted by Gasteiger charge is -2.05. The summed E-state index contributed by atoms with van der Waals surface area (Å²) in [5.74, 6) is 0.201. The molecule has 0 aliphatic carbocycles. The second-order valence-electron chi connectivity index (χ2n) is 3.89. The monoisotopic (exact) mass is 343 g/mol. The smallest absolute Gasteiger partial charge is 0.345 e. The highest BCUT2D eigenvalue weighted by Gasteiger charge is 2.11. The fourth-order valence-electron chi connectivity index (χ4n) is 1.50. The van der Waals surface area contributed by atoms with Crippen LogP contribution in [0.3, 0.4) is 0 Å². The van der Waals surface area contributed by atoms with Gasteiger partial charge in [-0.2, -0.15) is 4.52 Å². The van der Waals surface area contributed by atoms with Crippen LogP contribution in [0.25, 0.3) is 5.84 Å². The van der Waals surface area contributed by atoms with Crippen molar-refractivity contribution in [3.63, 3.8) is 0 Å². The summed E-state index contributed by atoms with van der Waals surface area (Å²) in [6.07, 6.45) is 1.42. The van der Waals surface area contributed by atoms with Crippen molar-refractivity contribution >= 4 is 52.4 Å². The summed E-state index contributed by atoms with van der Waals surface area (Å²) in [6, 6.07) is 4.86. The summed E-state index contributed by atoms with van der Waals surface area (Å²) in [7, 11) is 0. The zero-order chi connectivity index (χ0) is 14.8. The summed E-state index contributed by atoms with van der Waals surface area (Å²) >= 11 is 12.8. The Hall–Kier alpha value is -1.77. The average molecular weight is 344 g/mol. The van der Waals surface area contributed by atoms with Crippen LogP contribution in [0.1, 0.15) is 0 Å². The number of hydrogen-bond acceptors (Lipinski definition) is 6. The highest BCUT2D eigenvalue weighted by Crippen LogP contribution is 2.25. The van der Waals surface area contributed by atoms with E-state index in [4.69, 9.17) is 27.6 Å². The van der Waals surface area contributed by atoms with E-state index >= 15 is 0 Å². The van der Waals surface area contributed by atoms with E-state index in [0.29, 0.717) is 21.0 Å². The minimum atomic E-state index is -0.215. The fraction of sp³-hybridized carbons (Fsp3) is 0.0909. The van der Waals surface area contributed by atoms with Gasteiger partial charge < -0.3 is 9.73 Å². The van der Waals surface area contributed by atoms with E-state index < -0.39 is 0 Å². The van der Waals surface area contributed by atoms with Crippen molar-refractivity contribution in [2.45, 2.75) is 5.22 Å². The number of nitrogens with one attached hydrogen (secondary N) is 1. The van der Waals surface area contributed by atoms with Gasteiger partial charge in [0, 0.05) is 5.69 Å². The number of thioether (sulfide) groups is 1. The molecule has 1 amide bonds. The van der Waals surface area contributed by atoms with Crippen LogP contribution in [0.4, 0.5) is 5.69 Å². The first-order valence-electron chi connectivity index (χ1n) is 5.66. The molecule has 108 valence electrons. The lowest BCUT2D eigenvalue weighted by Crippen LogP contribution is -2.13. The van der Waals surface area contributed by atoms with Gasteiger partial charge in [-0.15, -0.1) is 10.2 Å². The quantitative estimate of drug-likeness (QED) is 0.733. The van der Waals surface area contributed by atoms with Crippen molar-refractivity contribution in [3.8, 4) is 0 Å². The van der Waals surface area contributed by atoms with Crippen LogP contribution in [-0.2, 0) is 4.79 Å². The largest absolute Gasteiger partial charge is 0.396 e. The summed E-state index contributed by atoms with van der Waals surface area (Å²) in [6.45, 7) is 0. The number of carbonyl (C=O) groups is 1. The van der Waals surface area contributed by atoms with Crippen molar-refractivity contribution in [1.82, 2.24) is 19.8 Å². The molecular formula is C11H7Cl2N5O2S. The number of benzene rings is 1. The van der Waals surface area contributed by atoms with Crippen LogP contribution in [0.5, 0.6) is 0 Å². The molecule has 0 spiro atoms. The number of aromatic nitrogens is 4. The maximum absolute atomic E-state index is 11.8. The Morgan fingerprint density at radius 1 is 1.38 bits per heavy atom. The topological polar surface area (TPSA) is 85.3 Å². The Kier molecular flexibility index (Phi) is 4.00. The number of fused-ring (bicyclic) bond motifs is 1. The van der Waals surface area contributed by atoms with Gasteiger partial charge in [0.15, 0.2) is 0 Å². The third-order valence-corrected chi connectivity index (χ3v) is 3.96. The molecule has 10 heteroatoms. The zero-order valence-corrected chi connectivity index (χ0v) is 12.6. The first kappa shape index (κ1) is 14.2. The van der Waals surface area contributed by atoms with E-state index in [1.54, 1.807) is 18.2 Å². The van der Waals surface area contributed by atoms with E-state index in [2.05, 4.69) is 20.6 Å². The minimum Gasteiger partial charge on any atom is -0.396 e. The second-order valence-corrected chi connectivity index (χ2v) is 5.63. The predicted molar refractivity (Wildman–Crippen MR) is 78.9 cm³/mol. The summed E-state index contributed by atoms with van der Waals surface area (Å²) in [5, 5.41) is 15.2. The predicted octanol–water partition coefficient (Wildman–Crippen LogP) is 2.75. The van der Waals surface area contributed by atoms with Gasteiger partial charge in [0.2, 0.25) is 5.91 Å². The van der Waals surface area contributed by atoms with Crippen molar-refractivity contribution in [3.05, 3.63) is 34.6 Å². The molecule has 0 unspecified atom stereocenters. The van der Waals surface area contributed by atoms with E-state index in [1.807, 2.05) is 0 Å². The van der Waals surface area contributed by atoms with Crippen molar-refractivity contribution < 1.29 is 9.21 Å². The van der Waals surface area contributed by atoms with E-state index in [0.717, 1.165) is 11.8 Å². The lowest BCUT2D eigenvalue weighted by atomic mass is 10.3. The molecule has 0 atom stereocenters. The van der Waals surface area contributed by atoms with Gasteiger partial charge in [-0.05, 0) is 18.2 Å². The Balaban J connectivity index is 1.58. The number of nitrogens with zero attached hydrogens (tertiary/aromatic N) is 4. The summed E-state index contributed by atoms with van der Waals surface area (Å²) in [5.41, 5.74) is 0.571.